The zero-order valence-corrected chi connectivity index (χ0v) is 17.8. The quantitative estimate of drug-likeness (QED) is 0.516. The fourth-order valence-corrected chi connectivity index (χ4v) is 4.29. The molecule has 2 heterocycles. The van der Waals surface area contributed by atoms with Crippen molar-refractivity contribution in [2.45, 2.75) is 46.5 Å². The van der Waals surface area contributed by atoms with Gasteiger partial charge in [-0.25, -0.2) is 0 Å². The molecule has 1 saturated heterocycles. The van der Waals surface area contributed by atoms with Crippen LogP contribution in [0.3, 0.4) is 0 Å². The molecule has 5 nitrogen and oxygen atoms in total. The molecule has 6 heteroatoms. The number of rotatable bonds is 7. The lowest BCUT2D eigenvalue weighted by atomic mass is 9.88. The number of aliphatic hydroxyl groups is 1. The Labute approximate surface area is 171 Å². The minimum Gasteiger partial charge on any atom is -0.461 e. The lowest BCUT2D eigenvalue weighted by Crippen LogP contribution is -2.41. The number of nitrogens with two attached hydrogens (primary N) is 1. The van der Waals surface area contributed by atoms with Gasteiger partial charge in [-0.3, -0.25) is 4.79 Å². The zero-order chi connectivity index (χ0) is 20.5. The van der Waals surface area contributed by atoms with E-state index in [1.165, 1.54) is 0 Å². The van der Waals surface area contributed by atoms with Crippen LogP contribution >= 0.6 is 11.6 Å². The summed E-state index contributed by atoms with van der Waals surface area (Å²) >= 11 is 6.23. The number of furan rings is 1. The highest BCUT2D eigenvalue weighted by Crippen LogP contribution is 2.35. The summed E-state index contributed by atoms with van der Waals surface area (Å²) in [6, 6.07) is 3.47. The summed E-state index contributed by atoms with van der Waals surface area (Å²) in [7, 11) is 0. The van der Waals surface area contributed by atoms with Crippen LogP contribution < -0.4 is 5.73 Å². The molecule has 0 amide bonds. The Kier molecular flexibility index (Phi) is 6.37. The van der Waals surface area contributed by atoms with E-state index in [1.54, 1.807) is 6.07 Å². The van der Waals surface area contributed by atoms with E-state index in [9.17, 15) is 9.90 Å². The summed E-state index contributed by atoms with van der Waals surface area (Å²) in [5.74, 6) is 1.33. The first kappa shape index (κ1) is 21.2. The second-order valence-electron chi connectivity index (χ2n) is 8.92. The van der Waals surface area contributed by atoms with Gasteiger partial charge >= 0.3 is 0 Å². The van der Waals surface area contributed by atoms with Crippen molar-refractivity contribution in [3.63, 3.8) is 0 Å². The lowest BCUT2D eigenvalue weighted by Gasteiger charge is -2.36. The van der Waals surface area contributed by atoms with Crippen molar-refractivity contribution in [1.82, 2.24) is 4.90 Å². The van der Waals surface area contributed by atoms with Gasteiger partial charge in [-0.05, 0) is 57.3 Å². The van der Waals surface area contributed by atoms with Crippen molar-refractivity contribution in [2.75, 3.05) is 32.0 Å². The molecule has 154 valence electrons. The largest absolute Gasteiger partial charge is 0.461 e. The number of nitrogens with zero attached hydrogens (tertiary/aromatic N) is 1. The maximum atomic E-state index is 12.9. The van der Waals surface area contributed by atoms with E-state index in [1.807, 2.05) is 13.0 Å². The molecule has 0 spiro atoms. The standard InChI is InChI=1S/C22H31ClN2O3/c1-14-10-17-20(24)18(23)11-16(21(17)28-14)19(27)5-4-15-6-8-25(9-7-15)12-22(2,3)13-26/h10-11,15,26H,4-9,12-13,24H2,1-3H3. The number of halogens is 1. The molecule has 28 heavy (non-hydrogen) atoms. The molecular weight excluding hydrogens is 376 g/mol. The molecular formula is C22H31ClN2O3. The first-order valence-electron chi connectivity index (χ1n) is 10.0. The van der Waals surface area contributed by atoms with Crippen molar-refractivity contribution >= 4 is 34.0 Å². The predicted molar refractivity (Wildman–Crippen MR) is 114 cm³/mol. The summed E-state index contributed by atoms with van der Waals surface area (Å²) in [6.07, 6.45) is 3.54. The van der Waals surface area contributed by atoms with E-state index in [0.717, 1.165) is 44.7 Å². The number of fused-ring (bicyclic) bond motifs is 1. The van der Waals surface area contributed by atoms with E-state index in [-0.39, 0.29) is 17.8 Å². The van der Waals surface area contributed by atoms with Crippen LogP contribution in [-0.4, -0.2) is 42.0 Å². The second kappa shape index (κ2) is 8.44. The van der Waals surface area contributed by atoms with Gasteiger partial charge in [0, 0.05) is 30.4 Å². The molecule has 1 fully saturated rings. The smallest absolute Gasteiger partial charge is 0.166 e. The first-order valence-corrected chi connectivity index (χ1v) is 10.4. The molecule has 0 unspecified atom stereocenters. The molecule has 1 aromatic carbocycles. The fourth-order valence-electron chi connectivity index (χ4n) is 4.08. The van der Waals surface area contributed by atoms with E-state index >= 15 is 0 Å². The van der Waals surface area contributed by atoms with Crippen LogP contribution in [-0.2, 0) is 0 Å². The van der Waals surface area contributed by atoms with Gasteiger partial charge in [-0.1, -0.05) is 25.4 Å². The second-order valence-corrected chi connectivity index (χ2v) is 9.33. The van der Waals surface area contributed by atoms with Gasteiger partial charge in [0.2, 0.25) is 0 Å². The highest BCUT2D eigenvalue weighted by atomic mass is 35.5. The van der Waals surface area contributed by atoms with Crippen LogP contribution in [0.25, 0.3) is 11.0 Å². The van der Waals surface area contributed by atoms with Gasteiger partial charge in [0.25, 0.3) is 0 Å². The number of nitrogen functional groups attached to an aromatic ring is 1. The van der Waals surface area contributed by atoms with E-state index < -0.39 is 0 Å². The van der Waals surface area contributed by atoms with Crippen LogP contribution in [0, 0.1) is 18.3 Å². The molecule has 0 radical (unpaired) electrons. The minimum absolute atomic E-state index is 0.0603. The maximum Gasteiger partial charge on any atom is 0.166 e. The Balaban J connectivity index is 1.59. The molecule has 3 rings (SSSR count). The molecule has 0 atom stereocenters. The molecule has 1 aliphatic heterocycles. The summed E-state index contributed by atoms with van der Waals surface area (Å²) in [6.45, 7) is 9.18. The van der Waals surface area contributed by atoms with Crippen LogP contribution in [0.2, 0.25) is 5.02 Å². The number of carbonyl (C=O) groups excluding carboxylic acids is 1. The van der Waals surface area contributed by atoms with Gasteiger partial charge in [0.15, 0.2) is 5.78 Å². The van der Waals surface area contributed by atoms with Gasteiger partial charge < -0.3 is 20.2 Å². The average molecular weight is 407 g/mol. The third-order valence-corrected chi connectivity index (χ3v) is 6.10. The van der Waals surface area contributed by atoms with Crippen molar-refractivity contribution in [3.8, 4) is 0 Å². The number of carbonyl (C=O) groups is 1. The van der Waals surface area contributed by atoms with Crippen molar-refractivity contribution in [2.24, 2.45) is 11.3 Å². The Bertz CT molecular complexity index is 851. The van der Waals surface area contributed by atoms with Crippen molar-refractivity contribution in [3.05, 3.63) is 28.5 Å². The number of Topliss-reactive ketones (excluding diaryl/α,β-unsaturated/α-hetero) is 1. The molecule has 0 aliphatic carbocycles. The highest BCUT2D eigenvalue weighted by molar-refractivity contribution is 6.35. The third kappa shape index (κ3) is 4.70. The molecule has 0 saturated carbocycles. The molecule has 0 bridgehead atoms. The van der Waals surface area contributed by atoms with Crippen LogP contribution in [0.1, 0.15) is 55.6 Å². The fraction of sp³-hybridized carbons (Fsp3) is 0.591. The number of ketones is 1. The SMILES string of the molecule is Cc1cc2c(N)c(Cl)cc(C(=O)CCC3CCN(CC(C)(C)CO)CC3)c2o1. The number of hydrogen-bond acceptors (Lipinski definition) is 5. The number of benzene rings is 1. The molecule has 1 aromatic heterocycles. The number of aryl methyl sites for hydroxylation is 1. The van der Waals surface area contributed by atoms with E-state index in [4.69, 9.17) is 21.8 Å². The Morgan fingerprint density at radius 1 is 1.36 bits per heavy atom. The molecule has 3 N–H and O–H groups in total. The highest BCUT2D eigenvalue weighted by Gasteiger charge is 2.26. The van der Waals surface area contributed by atoms with Gasteiger partial charge in [0.05, 0.1) is 16.3 Å². The normalized spacial score (nSPS) is 16.8. The predicted octanol–water partition coefficient (Wildman–Crippen LogP) is 4.67. The topological polar surface area (TPSA) is 79.7 Å². The Morgan fingerprint density at radius 2 is 2.04 bits per heavy atom. The third-order valence-electron chi connectivity index (χ3n) is 5.79. The van der Waals surface area contributed by atoms with Gasteiger partial charge in [0.1, 0.15) is 11.3 Å². The number of anilines is 1. The average Bonchev–Trinajstić information content (AvgIpc) is 3.05. The number of piperidine rings is 1. The van der Waals surface area contributed by atoms with E-state index in [0.29, 0.717) is 39.6 Å². The van der Waals surface area contributed by atoms with Crippen molar-refractivity contribution in [1.29, 1.82) is 0 Å². The summed E-state index contributed by atoms with van der Waals surface area (Å²) < 4.78 is 5.73. The monoisotopic (exact) mass is 406 g/mol. The van der Waals surface area contributed by atoms with E-state index in [2.05, 4.69) is 18.7 Å². The molecule has 2 aromatic rings. The summed E-state index contributed by atoms with van der Waals surface area (Å²) in [5.41, 5.74) is 7.51. The molecule has 1 aliphatic rings. The minimum atomic E-state index is -0.0657. The number of aliphatic hydroxyl groups excluding tert-OH is 1. The number of hydrogen-bond donors (Lipinski definition) is 2. The number of likely N-dealkylation sites (tertiary alicyclic amines) is 1. The lowest BCUT2D eigenvalue weighted by molar-refractivity contribution is 0.0784. The summed E-state index contributed by atoms with van der Waals surface area (Å²) in [5, 5.41) is 10.6. The Morgan fingerprint density at radius 3 is 2.68 bits per heavy atom. The van der Waals surface area contributed by atoms with Gasteiger partial charge in [-0.2, -0.15) is 0 Å². The van der Waals surface area contributed by atoms with Gasteiger partial charge in [-0.15, -0.1) is 0 Å². The Hall–Kier alpha value is -1.56. The van der Waals surface area contributed by atoms with Crippen LogP contribution in [0.4, 0.5) is 5.69 Å². The zero-order valence-electron chi connectivity index (χ0n) is 17.1. The summed E-state index contributed by atoms with van der Waals surface area (Å²) in [4.78, 5) is 15.3. The maximum absolute atomic E-state index is 12.9. The van der Waals surface area contributed by atoms with Crippen molar-refractivity contribution < 1.29 is 14.3 Å². The first-order chi connectivity index (χ1) is 13.2. The van der Waals surface area contributed by atoms with Crippen LogP contribution in [0.5, 0.6) is 0 Å². The van der Waals surface area contributed by atoms with Crippen LogP contribution in [0.15, 0.2) is 16.5 Å².